The molecule has 1 fully saturated rings. The van der Waals surface area contributed by atoms with Gasteiger partial charge in [-0.1, -0.05) is 18.2 Å². The number of hydrogen-bond donors (Lipinski definition) is 1. The lowest BCUT2D eigenvalue weighted by Gasteiger charge is -2.19. The van der Waals surface area contributed by atoms with Gasteiger partial charge in [-0.05, 0) is 32.5 Å². The van der Waals surface area contributed by atoms with Crippen molar-refractivity contribution in [1.29, 1.82) is 0 Å². The minimum Gasteiger partial charge on any atom is -0.496 e. The van der Waals surface area contributed by atoms with Crippen molar-refractivity contribution in [2.45, 2.75) is 25.3 Å². The second-order valence-corrected chi connectivity index (χ2v) is 5.07. The Labute approximate surface area is 114 Å². The summed E-state index contributed by atoms with van der Waals surface area (Å²) in [6.45, 7) is 1.87. The molecular formula is C15H22N2O2. The first kappa shape index (κ1) is 13.9. The Morgan fingerprint density at radius 3 is 2.95 bits per heavy atom. The number of likely N-dealkylation sites (N-methyl/N-ethyl adjacent to an activating group) is 1. The van der Waals surface area contributed by atoms with Gasteiger partial charge < -0.3 is 15.0 Å². The van der Waals surface area contributed by atoms with E-state index in [4.69, 9.17) is 4.74 Å². The molecule has 2 rings (SSSR count). The van der Waals surface area contributed by atoms with Gasteiger partial charge in [-0.25, -0.2) is 0 Å². The molecule has 0 aliphatic carbocycles. The Balaban J connectivity index is 1.84. The van der Waals surface area contributed by atoms with E-state index in [0.717, 1.165) is 24.4 Å². The van der Waals surface area contributed by atoms with Gasteiger partial charge in [0.15, 0.2) is 0 Å². The first-order valence-electron chi connectivity index (χ1n) is 6.79. The molecule has 1 unspecified atom stereocenters. The fraction of sp³-hybridized carbons (Fsp3) is 0.533. The van der Waals surface area contributed by atoms with Crippen LogP contribution in [0.3, 0.4) is 0 Å². The summed E-state index contributed by atoms with van der Waals surface area (Å²) in [4.78, 5) is 14.3. The lowest BCUT2D eigenvalue weighted by molar-refractivity contribution is -0.120. The summed E-state index contributed by atoms with van der Waals surface area (Å²) >= 11 is 0. The second-order valence-electron chi connectivity index (χ2n) is 5.07. The third kappa shape index (κ3) is 3.70. The first-order chi connectivity index (χ1) is 9.20. The van der Waals surface area contributed by atoms with E-state index in [2.05, 4.69) is 17.3 Å². The quantitative estimate of drug-likeness (QED) is 0.873. The number of nitrogens with zero attached hydrogens (tertiary/aromatic N) is 1. The smallest absolute Gasteiger partial charge is 0.224 e. The molecule has 104 valence electrons. The summed E-state index contributed by atoms with van der Waals surface area (Å²) in [7, 11) is 3.74. The van der Waals surface area contributed by atoms with E-state index in [1.807, 2.05) is 24.3 Å². The molecule has 4 heteroatoms. The minimum absolute atomic E-state index is 0.0600. The Kier molecular flexibility index (Phi) is 4.80. The molecule has 0 bridgehead atoms. The highest BCUT2D eigenvalue weighted by Gasteiger charge is 2.21. The Morgan fingerprint density at radius 1 is 1.47 bits per heavy atom. The highest BCUT2D eigenvalue weighted by atomic mass is 16.5. The number of benzene rings is 1. The van der Waals surface area contributed by atoms with Gasteiger partial charge >= 0.3 is 0 Å². The molecule has 0 saturated carbocycles. The summed E-state index contributed by atoms with van der Waals surface area (Å²) in [5.74, 6) is 0.834. The van der Waals surface area contributed by atoms with E-state index >= 15 is 0 Å². The summed E-state index contributed by atoms with van der Waals surface area (Å²) in [5.41, 5.74) is 0.933. The van der Waals surface area contributed by atoms with Gasteiger partial charge in [0, 0.05) is 18.2 Å². The second kappa shape index (κ2) is 6.57. The molecular weight excluding hydrogens is 240 g/mol. The normalized spacial score (nSPS) is 19.4. The Bertz CT molecular complexity index is 434. The topological polar surface area (TPSA) is 41.6 Å². The lowest BCUT2D eigenvalue weighted by atomic mass is 10.1. The van der Waals surface area contributed by atoms with Crippen LogP contribution < -0.4 is 10.1 Å². The number of carbonyl (C=O) groups excluding carboxylic acids is 1. The summed E-state index contributed by atoms with van der Waals surface area (Å²) < 4.78 is 5.25. The average molecular weight is 262 g/mol. The molecule has 19 heavy (non-hydrogen) atoms. The monoisotopic (exact) mass is 262 g/mol. The number of ether oxygens (including phenoxy) is 1. The standard InChI is InChI=1S/C15H22N2O2/c1-17-9-5-7-13(17)11-16-15(18)10-12-6-3-4-8-14(12)19-2/h3-4,6,8,13H,5,7,9-11H2,1-2H3,(H,16,18). The van der Waals surface area contributed by atoms with Gasteiger partial charge in [0.1, 0.15) is 5.75 Å². The molecule has 1 saturated heterocycles. The van der Waals surface area contributed by atoms with Gasteiger partial charge in [-0.2, -0.15) is 0 Å². The maximum absolute atomic E-state index is 12.0. The maximum atomic E-state index is 12.0. The first-order valence-corrected chi connectivity index (χ1v) is 6.79. The maximum Gasteiger partial charge on any atom is 0.224 e. The summed E-state index contributed by atoms with van der Waals surface area (Å²) in [6.07, 6.45) is 2.77. The van der Waals surface area contributed by atoms with Gasteiger partial charge in [0.25, 0.3) is 0 Å². The van der Waals surface area contributed by atoms with Crippen molar-refractivity contribution >= 4 is 5.91 Å². The van der Waals surface area contributed by atoms with E-state index in [-0.39, 0.29) is 5.91 Å². The highest BCUT2D eigenvalue weighted by molar-refractivity contribution is 5.79. The Morgan fingerprint density at radius 2 is 2.26 bits per heavy atom. The molecule has 1 atom stereocenters. The molecule has 1 aliphatic rings. The summed E-state index contributed by atoms with van der Waals surface area (Å²) in [5, 5.41) is 3.02. The van der Waals surface area contributed by atoms with E-state index in [1.165, 1.54) is 12.8 Å². The largest absolute Gasteiger partial charge is 0.496 e. The summed E-state index contributed by atoms with van der Waals surface area (Å²) in [6, 6.07) is 8.14. The van der Waals surface area contributed by atoms with Crippen molar-refractivity contribution < 1.29 is 9.53 Å². The highest BCUT2D eigenvalue weighted by Crippen LogP contribution is 2.18. The molecule has 1 aliphatic heterocycles. The van der Waals surface area contributed by atoms with Crippen molar-refractivity contribution in [2.24, 2.45) is 0 Å². The van der Waals surface area contributed by atoms with E-state index in [0.29, 0.717) is 12.5 Å². The van der Waals surface area contributed by atoms with Gasteiger partial charge in [0.05, 0.1) is 13.5 Å². The van der Waals surface area contributed by atoms with Crippen LogP contribution in [0.1, 0.15) is 18.4 Å². The van der Waals surface area contributed by atoms with Gasteiger partial charge in [0.2, 0.25) is 5.91 Å². The zero-order valence-electron chi connectivity index (χ0n) is 11.7. The van der Waals surface area contributed by atoms with E-state index in [1.54, 1.807) is 7.11 Å². The van der Waals surface area contributed by atoms with Crippen LogP contribution in [0.25, 0.3) is 0 Å². The van der Waals surface area contributed by atoms with E-state index in [9.17, 15) is 4.79 Å². The molecule has 0 aromatic heterocycles. The molecule has 1 aromatic carbocycles. The van der Waals surface area contributed by atoms with Crippen LogP contribution in [0.15, 0.2) is 24.3 Å². The number of amides is 1. The number of hydrogen-bond acceptors (Lipinski definition) is 3. The molecule has 1 amide bonds. The SMILES string of the molecule is COc1ccccc1CC(=O)NCC1CCCN1C. The van der Waals surface area contributed by atoms with Crippen LogP contribution in [0, 0.1) is 0 Å². The molecule has 1 heterocycles. The van der Waals surface area contributed by atoms with Crippen molar-refractivity contribution in [1.82, 2.24) is 10.2 Å². The van der Waals surface area contributed by atoms with Crippen LogP contribution in [0.5, 0.6) is 5.75 Å². The zero-order chi connectivity index (χ0) is 13.7. The predicted octanol–water partition coefficient (Wildman–Crippen LogP) is 1.45. The number of rotatable bonds is 5. The van der Waals surface area contributed by atoms with Crippen LogP contribution in [-0.4, -0.2) is 44.1 Å². The van der Waals surface area contributed by atoms with Crippen molar-refractivity contribution in [2.75, 3.05) is 27.2 Å². The van der Waals surface area contributed by atoms with Crippen molar-refractivity contribution in [3.8, 4) is 5.75 Å². The average Bonchev–Trinajstić information content (AvgIpc) is 2.82. The minimum atomic E-state index is 0.0600. The van der Waals surface area contributed by atoms with Crippen molar-refractivity contribution in [3.63, 3.8) is 0 Å². The molecule has 0 radical (unpaired) electrons. The van der Waals surface area contributed by atoms with Gasteiger partial charge in [-0.15, -0.1) is 0 Å². The molecule has 1 N–H and O–H groups in total. The fourth-order valence-electron chi connectivity index (χ4n) is 2.55. The lowest BCUT2D eigenvalue weighted by Crippen LogP contribution is -2.38. The molecule has 4 nitrogen and oxygen atoms in total. The van der Waals surface area contributed by atoms with Crippen molar-refractivity contribution in [3.05, 3.63) is 29.8 Å². The third-order valence-electron chi connectivity index (χ3n) is 3.75. The van der Waals surface area contributed by atoms with Gasteiger partial charge in [-0.3, -0.25) is 4.79 Å². The third-order valence-corrected chi connectivity index (χ3v) is 3.75. The number of likely N-dealkylation sites (tertiary alicyclic amines) is 1. The van der Waals surface area contributed by atoms with E-state index < -0.39 is 0 Å². The van der Waals surface area contributed by atoms with Crippen LogP contribution in [0.4, 0.5) is 0 Å². The number of para-hydroxylation sites is 1. The predicted molar refractivity (Wildman–Crippen MR) is 75.4 cm³/mol. The number of carbonyl (C=O) groups is 1. The molecule has 1 aromatic rings. The number of methoxy groups -OCH3 is 1. The Hall–Kier alpha value is -1.55. The van der Waals surface area contributed by atoms with Crippen LogP contribution >= 0.6 is 0 Å². The number of nitrogens with one attached hydrogen (secondary N) is 1. The molecule has 0 spiro atoms. The fourth-order valence-corrected chi connectivity index (χ4v) is 2.55. The van der Waals surface area contributed by atoms with Crippen LogP contribution in [0.2, 0.25) is 0 Å². The van der Waals surface area contributed by atoms with Crippen LogP contribution in [-0.2, 0) is 11.2 Å². The zero-order valence-corrected chi connectivity index (χ0v) is 11.7.